The fourth-order valence-corrected chi connectivity index (χ4v) is 1.64. The molecule has 0 saturated heterocycles. The number of carbonyl (C=O) groups excluding carboxylic acids is 2. The highest BCUT2D eigenvalue weighted by Crippen LogP contribution is 2.10. The molecule has 0 spiro atoms. The molecule has 0 heterocycles. The molecule has 0 aliphatic heterocycles. The third-order valence-electron chi connectivity index (χ3n) is 0.844. The zero-order chi connectivity index (χ0) is 11.4. The van der Waals surface area contributed by atoms with Crippen molar-refractivity contribution in [3.63, 3.8) is 0 Å². The molecule has 0 aliphatic carbocycles. The van der Waals surface area contributed by atoms with E-state index in [-0.39, 0.29) is 0 Å². The Morgan fingerprint density at radius 1 is 1.00 bits per heavy atom. The normalized spacial score (nSPS) is 11.3. The molecule has 0 aliphatic rings. The van der Waals surface area contributed by atoms with Crippen molar-refractivity contribution in [3.8, 4) is 0 Å². The summed E-state index contributed by atoms with van der Waals surface area (Å²) in [6.45, 7) is 7.82. The molecule has 0 N–H and O–H groups in total. The Morgan fingerprint density at radius 2 is 1.36 bits per heavy atom. The highest BCUT2D eigenvalue weighted by molar-refractivity contribution is 6.41. The molecule has 0 rings (SSSR count). The lowest BCUT2D eigenvalue weighted by Crippen LogP contribution is -2.38. The third-order valence-corrected chi connectivity index (χ3v) is 2.53. The molecule has 1 radical (unpaired) electrons. The van der Waals surface area contributed by atoms with Gasteiger partial charge in [0.05, 0.1) is 5.60 Å². The Bertz CT molecular complexity index is 204. The van der Waals surface area contributed by atoms with E-state index in [1.54, 1.807) is 20.8 Å². The molecule has 6 heteroatoms. The molecule has 0 aromatic heterocycles. The van der Waals surface area contributed by atoms with Crippen LogP contribution in [0, 0.1) is 0 Å². The van der Waals surface area contributed by atoms with E-state index in [0.29, 0.717) is 0 Å². The largest absolute Gasteiger partial charge is 0.740 e. The Hall–Kier alpha value is -0.883. The smallest absolute Gasteiger partial charge is 0.461 e. The minimum absolute atomic E-state index is 0.515. The van der Waals surface area contributed by atoms with E-state index in [9.17, 15) is 9.59 Å². The lowest BCUT2D eigenvalue weighted by molar-refractivity contribution is -0.142. The SMILES string of the molecule is CC(=O)O[Si](OC(C)=O)OC(C)(C)C. The van der Waals surface area contributed by atoms with Crippen LogP contribution in [0.5, 0.6) is 0 Å². The summed E-state index contributed by atoms with van der Waals surface area (Å²) in [7, 11) is -2.30. The summed E-state index contributed by atoms with van der Waals surface area (Å²) in [6, 6.07) is 0. The maximum absolute atomic E-state index is 10.7. The van der Waals surface area contributed by atoms with Crippen LogP contribution in [0.25, 0.3) is 0 Å². The summed E-state index contributed by atoms with van der Waals surface area (Å²) in [5.74, 6) is -1.05. The van der Waals surface area contributed by atoms with Gasteiger partial charge in [0.25, 0.3) is 11.9 Å². The van der Waals surface area contributed by atoms with Crippen molar-refractivity contribution in [3.05, 3.63) is 0 Å². The van der Waals surface area contributed by atoms with Gasteiger partial charge in [0.1, 0.15) is 0 Å². The van der Waals surface area contributed by atoms with Crippen molar-refractivity contribution in [1.29, 1.82) is 0 Å². The zero-order valence-corrected chi connectivity index (χ0v) is 10.0. The van der Waals surface area contributed by atoms with Crippen LogP contribution < -0.4 is 0 Å². The minimum Gasteiger partial charge on any atom is -0.461 e. The van der Waals surface area contributed by atoms with Gasteiger partial charge in [-0.2, -0.15) is 0 Å². The summed E-state index contributed by atoms with van der Waals surface area (Å²) in [4.78, 5) is 21.3. The van der Waals surface area contributed by atoms with Gasteiger partial charge in [0.15, 0.2) is 0 Å². The predicted octanol–water partition coefficient (Wildman–Crippen LogP) is 0.913. The van der Waals surface area contributed by atoms with Crippen molar-refractivity contribution < 1.29 is 22.9 Å². The van der Waals surface area contributed by atoms with Gasteiger partial charge in [0, 0.05) is 13.8 Å². The Balaban J connectivity index is 4.24. The molecule has 0 atom stereocenters. The van der Waals surface area contributed by atoms with Crippen LogP contribution in [-0.2, 0) is 22.9 Å². The van der Waals surface area contributed by atoms with Crippen LogP contribution in [0.15, 0.2) is 0 Å². The number of carbonyl (C=O) groups is 2. The molecule has 0 aromatic rings. The summed E-state index contributed by atoms with van der Waals surface area (Å²) >= 11 is 0. The van der Waals surface area contributed by atoms with Gasteiger partial charge >= 0.3 is 9.53 Å². The second-order valence-electron chi connectivity index (χ2n) is 3.65. The Morgan fingerprint density at radius 3 is 1.57 bits per heavy atom. The highest BCUT2D eigenvalue weighted by Gasteiger charge is 2.32. The second-order valence-corrected chi connectivity index (χ2v) is 4.76. The van der Waals surface area contributed by atoms with Gasteiger partial charge in [-0.05, 0) is 20.8 Å². The second kappa shape index (κ2) is 5.11. The van der Waals surface area contributed by atoms with E-state index in [1.807, 2.05) is 0 Å². The third kappa shape index (κ3) is 7.75. The Kier molecular flexibility index (Phi) is 4.79. The molecular formula is C8H15O5Si. The molecule has 0 unspecified atom stereocenters. The van der Waals surface area contributed by atoms with Crippen molar-refractivity contribution in [2.75, 3.05) is 0 Å². The van der Waals surface area contributed by atoms with Crippen LogP contribution in [0.2, 0.25) is 0 Å². The summed E-state index contributed by atoms with van der Waals surface area (Å²) in [6.07, 6.45) is 0. The first-order valence-electron chi connectivity index (χ1n) is 4.13. The van der Waals surface area contributed by atoms with Gasteiger partial charge in [-0.3, -0.25) is 9.59 Å². The molecule has 81 valence electrons. The molecule has 0 amide bonds. The van der Waals surface area contributed by atoms with Gasteiger partial charge in [-0.15, -0.1) is 0 Å². The molecule has 0 saturated carbocycles. The van der Waals surface area contributed by atoms with Crippen molar-refractivity contribution in [2.45, 2.75) is 40.2 Å². The average Bonchev–Trinajstić information content (AvgIpc) is 1.77. The molecule has 5 nitrogen and oxygen atoms in total. The first-order chi connectivity index (χ1) is 6.20. The highest BCUT2D eigenvalue weighted by atomic mass is 28.3. The van der Waals surface area contributed by atoms with E-state index < -0.39 is 27.1 Å². The Labute approximate surface area is 85.3 Å². The molecule has 0 bridgehead atoms. The zero-order valence-electron chi connectivity index (χ0n) is 9.04. The van der Waals surface area contributed by atoms with Gasteiger partial charge in [-0.1, -0.05) is 0 Å². The maximum Gasteiger partial charge on any atom is 0.740 e. The van der Waals surface area contributed by atoms with Crippen molar-refractivity contribution in [1.82, 2.24) is 0 Å². The van der Waals surface area contributed by atoms with Crippen LogP contribution in [0.3, 0.4) is 0 Å². The maximum atomic E-state index is 10.7. The molecule has 14 heavy (non-hydrogen) atoms. The van der Waals surface area contributed by atoms with Gasteiger partial charge in [-0.25, -0.2) is 0 Å². The first-order valence-corrected chi connectivity index (χ1v) is 5.36. The molecule has 0 fully saturated rings. The van der Waals surface area contributed by atoms with Crippen molar-refractivity contribution in [2.24, 2.45) is 0 Å². The summed E-state index contributed by atoms with van der Waals surface area (Å²) in [5, 5.41) is 0. The first kappa shape index (κ1) is 13.1. The van der Waals surface area contributed by atoms with Crippen LogP contribution in [0.1, 0.15) is 34.6 Å². The van der Waals surface area contributed by atoms with E-state index in [1.165, 1.54) is 13.8 Å². The van der Waals surface area contributed by atoms with E-state index in [2.05, 4.69) is 0 Å². The van der Waals surface area contributed by atoms with Crippen LogP contribution in [0.4, 0.5) is 0 Å². The molecule has 0 aromatic carbocycles. The van der Waals surface area contributed by atoms with E-state index in [4.69, 9.17) is 13.3 Å². The average molecular weight is 219 g/mol. The number of rotatable bonds is 3. The van der Waals surface area contributed by atoms with Gasteiger partial charge in [0.2, 0.25) is 0 Å². The standard InChI is InChI=1S/C8H15O5Si/c1-6(9)11-14(12-7(2)10)13-8(3,4)5/h1-5H3. The lowest BCUT2D eigenvalue weighted by atomic mass is 10.2. The van der Waals surface area contributed by atoms with Crippen LogP contribution in [-0.4, -0.2) is 27.1 Å². The lowest BCUT2D eigenvalue weighted by Gasteiger charge is -2.22. The fraction of sp³-hybridized carbons (Fsp3) is 0.750. The summed E-state index contributed by atoms with van der Waals surface area (Å²) in [5.41, 5.74) is -0.515. The quantitative estimate of drug-likeness (QED) is 0.660. The monoisotopic (exact) mass is 219 g/mol. The van der Waals surface area contributed by atoms with E-state index in [0.717, 1.165) is 0 Å². The summed E-state index contributed by atoms with van der Waals surface area (Å²) < 4.78 is 14.7. The number of hydrogen-bond donors (Lipinski definition) is 0. The molecular weight excluding hydrogens is 204 g/mol. The van der Waals surface area contributed by atoms with Crippen molar-refractivity contribution >= 4 is 21.5 Å². The topological polar surface area (TPSA) is 61.8 Å². The number of hydrogen-bond acceptors (Lipinski definition) is 5. The van der Waals surface area contributed by atoms with Crippen LogP contribution >= 0.6 is 0 Å². The fourth-order valence-electron chi connectivity index (χ4n) is 0.547. The van der Waals surface area contributed by atoms with Gasteiger partial charge < -0.3 is 13.3 Å². The van der Waals surface area contributed by atoms with E-state index >= 15 is 0 Å². The predicted molar refractivity (Wildman–Crippen MR) is 50.1 cm³/mol. The minimum atomic E-state index is -2.30.